The Bertz CT molecular complexity index is 832. The Morgan fingerprint density at radius 3 is 2.72 bits per heavy atom. The average Bonchev–Trinajstić information content (AvgIpc) is 3.06. The van der Waals surface area contributed by atoms with Crippen molar-refractivity contribution in [2.45, 2.75) is 6.54 Å². The third-order valence-corrected chi connectivity index (χ3v) is 3.97. The highest BCUT2D eigenvalue weighted by Crippen LogP contribution is 2.11. The number of hydrogen-bond acceptors (Lipinski definition) is 4. The van der Waals surface area contributed by atoms with Gasteiger partial charge in [0, 0.05) is 23.4 Å². The first-order valence-corrected chi connectivity index (χ1v) is 8.59. The summed E-state index contributed by atoms with van der Waals surface area (Å²) in [5.74, 6) is 0.426. The molecule has 0 atom stereocenters. The summed E-state index contributed by atoms with van der Waals surface area (Å²) in [6.45, 7) is 0.844. The summed E-state index contributed by atoms with van der Waals surface area (Å²) >= 11 is 3.32. The van der Waals surface area contributed by atoms with E-state index in [1.807, 2.05) is 65.3 Å². The van der Waals surface area contributed by atoms with Crippen LogP contribution < -0.4 is 5.32 Å². The molecule has 3 rings (SSSR count). The number of anilines is 1. The monoisotopic (exact) mass is 399 g/mol. The van der Waals surface area contributed by atoms with E-state index in [0.717, 1.165) is 15.9 Å². The number of pyridine rings is 1. The van der Waals surface area contributed by atoms with Gasteiger partial charge in [-0.05, 0) is 53.3 Å². The normalized spacial score (nSPS) is 10.8. The number of carbonyl (C=O) groups excluding carboxylic acids is 1. The first-order valence-electron chi connectivity index (χ1n) is 7.80. The summed E-state index contributed by atoms with van der Waals surface area (Å²) in [6, 6.07) is 15.5. The maximum atomic E-state index is 12.1. The molecule has 0 unspecified atom stereocenters. The molecule has 3 aromatic rings. The number of likely N-dealkylation sites (N-methyl/N-ethyl adjacent to an activating group) is 1. The van der Waals surface area contributed by atoms with Crippen LogP contribution in [0, 0.1) is 0 Å². The van der Waals surface area contributed by atoms with Crippen LogP contribution in [0.4, 0.5) is 5.82 Å². The predicted octanol–water partition coefficient (Wildman–Crippen LogP) is 3.10. The van der Waals surface area contributed by atoms with E-state index in [1.54, 1.807) is 12.3 Å². The molecule has 1 aromatic carbocycles. The molecule has 6 nitrogen and oxygen atoms in total. The van der Waals surface area contributed by atoms with E-state index in [-0.39, 0.29) is 12.5 Å². The number of halogens is 1. The van der Waals surface area contributed by atoms with Gasteiger partial charge in [-0.2, -0.15) is 5.10 Å². The van der Waals surface area contributed by atoms with Gasteiger partial charge in [-0.1, -0.05) is 18.2 Å². The minimum atomic E-state index is -0.111. The molecule has 0 saturated heterocycles. The lowest BCUT2D eigenvalue weighted by Crippen LogP contribution is -2.30. The Morgan fingerprint density at radius 1 is 1.20 bits per heavy atom. The summed E-state index contributed by atoms with van der Waals surface area (Å²) < 4.78 is 2.70. The summed E-state index contributed by atoms with van der Waals surface area (Å²) in [5.41, 5.74) is 1.91. The maximum Gasteiger partial charge on any atom is 0.239 e. The zero-order valence-electron chi connectivity index (χ0n) is 13.8. The molecule has 0 aliphatic heterocycles. The maximum absolute atomic E-state index is 12.1. The van der Waals surface area contributed by atoms with Gasteiger partial charge in [-0.25, -0.2) is 9.67 Å². The first-order chi connectivity index (χ1) is 12.1. The molecule has 1 amide bonds. The van der Waals surface area contributed by atoms with E-state index in [2.05, 4.69) is 31.3 Å². The number of nitrogens with one attached hydrogen (secondary N) is 1. The largest absolute Gasteiger partial charge is 0.310 e. The number of para-hydroxylation sites is 1. The van der Waals surface area contributed by atoms with Crippen molar-refractivity contribution in [2.75, 3.05) is 18.9 Å². The van der Waals surface area contributed by atoms with Gasteiger partial charge in [-0.15, -0.1) is 0 Å². The second kappa shape index (κ2) is 8.04. The zero-order chi connectivity index (χ0) is 17.6. The lowest BCUT2D eigenvalue weighted by molar-refractivity contribution is -0.117. The second-order valence-electron chi connectivity index (χ2n) is 5.67. The lowest BCUT2D eigenvalue weighted by atomic mass is 10.3. The first kappa shape index (κ1) is 17.3. The van der Waals surface area contributed by atoms with Crippen LogP contribution in [0.1, 0.15) is 5.69 Å². The lowest BCUT2D eigenvalue weighted by Gasteiger charge is -2.14. The molecule has 0 saturated carbocycles. The zero-order valence-corrected chi connectivity index (χ0v) is 15.3. The van der Waals surface area contributed by atoms with E-state index in [9.17, 15) is 4.79 Å². The number of amides is 1. The molecule has 0 bridgehead atoms. The topological polar surface area (TPSA) is 63.1 Å². The predicted molar refractivity (Wildman–Crippen MR) is 100 cm³/mol. The van der Waals surface area contributed by atoms with Crippen molar-refractivity contribution >= 4 is 27.7 Å². The molecule has 1 N–H and O–H groups in total. The van der Waals surface area contributed by atoms with Crippen LogP contribution in [0.25, 0.3) is 5.69 Å². The third-order valence-electron chi connectivity index (χ3n) is 3.51. The summed E-state index contributed by atoms with van der Waals surface area (Å²) in [5, 5.41) is 7.33. The van der Waals surface area contributed by atoms with Gasteiger partial charge in [0.15, 0.2) is 0 Å². The molecule has 0 aliphatic carbocycles. The Balaban J connectivity index is 1.54. The van der Waals surface area contributed by atoms with Crippen molar-refractivity contribution in [1.29, 1.82) is 0 Å². The number of nitrogens with zero attached hydrogens (tertiary/aromatic N) is 4. The highest BCUT2D eigenvalue weighted by atomic mass is 79.9. The van der Waals surface area contributed by atoms with Crippen LogP contribution >= 0.6 is 15.9 Å². The second-order valence-corrected chi connectivity index (χ2v) is 6.58. The van der Waals surface area contributed by atoms with Crippen LogP contribution in [-0.4, -0.2) is 39.2 Å². The van der Waals surface area contributed by atoms with E-state index in [0.29, 0.717) is 12.4 Å². The molecule has 2 heterocycles. The van der Waals surface area contributed by atoms with Gasteiger partial charge in [0.1, 0.15) is 5.82 Å². The quantitative estimate of drug-likeness (QED) is 0.691. The van der Waals surface area contributed by atoms with Crippen LogP contribution in [-0.2, 0) is 11.3 Å². The van der Waals surface area contributed by atoms with E-state index < -0.39 is 0 Å². The van der Waals surface area contributed by atoms with Gasteiger partial charge in [0.2, 0.25) is 5.91 Å². The molecule has 7 heteroatoms. The fraction of sp³-hybridized carbons (Fsp3) is 0.167. The van der Waals surface area contributed by atoms with Crippen LogP contribution in [0.2, 0.25) is 0 Å². The molecule has 128 valence electrons. The third kappa shape index (κ3) is 4.98. The van der Waals surface area contributed by atoms with Crippen molar-refractivity contribution in [2.24, 2.45) is 0 Å². The SMILES string of the molecule is CN(CC(=O)Nc1ccc(Br)cn1)Cc1ccn(-c2ccccc2)n1. The van der Waals surface area contributed by atoms with Gasteiger partial charge in [0.05, 0.1) is 17.9 Å². The Kier molecular flexibility index (Phi) is 5.57. The number of rotatable bonds is 6. The Hall–Kier alpha value is -2.51. The molecule has 2 aromatic heterocycles. The van der Waals surface area contributed by atoms with E-state index in [4.69, 9.17) is 0 Å². The van der Waals surface area contributed by atoms with E-state index in [1.165, 1.54) is 0 Å². The number of carbonyl (C=O) groups is 1. The van der Waals surface area contributed by atoms with Crippen molar-refractivity contribution in [3.63, 3.8) is 0 Å². The Morgan fingerprint density at radius 2 is 2.00 bits per heavy atom. The summed E-state index contributed by atoms with van der Waals surface area (Å²) in [7, 11) is 1.89. The molecule has 0 aliphatic rings. The molecule has 0 fully saturated rings. The van der Waals surface area contributed by atoms with Gasteiger partial charge in [0.25, 0.3) is 0 Å². The van der Waals surface area contributed by atoms with Crippen molar-refractivity contribution < 1.29 is 4.79 Å². The van der Waals surface area contributed by atoms with Crippen LogP contribution in [0.5, 0.6) is 0 Å². The van der Waals surface area contributed by atoms with Gasteiger partial charge in [-0.3, -0.25) is 9.69 Å². The number of aromatic nitrogens is 3. The minimum Gasteiger partial charge on any atom is -0.310 e. The number of hydrogen-bond donors (Lipinski definition) is 1. The van der Waals surface area contributed by atoms with Crippen molar-refractivity contribution in [1.82, 2.24) is 19.7 Å². The fourth-order valence-electron chi connectivity index (χ4n) is 2.38. The summed E-state index contributed by atoms with van der Waals surface area (Å²) in [4.78, 5) is 18.1. The fourth-order valence-corrected chi connectivity index (χ4v) is 2.61. The van der Waals surface area contributed by atoms with Gasteiger partial charge >= 0.3 is 0 Å². The molecular formula is C18H18BrN5O. The molecule has 25 heavy (non-hydrogen) atoms. The van der Waals surface area contributed by atoms with Crippen molar-refractivity contribution in [3.8, 4) is 5.69 Å². The van der Waals surface area contributed by atoms with Crippen LogP contribution in [0.15, 0.2) is 65.4 Å². The van der Waals surface area contributed by atoms with E-state index >= 15 is 0 Å². The van der Waals surface area contributed by atoms with Crippen molar-refractivity contribution in [3.05, 3.63) is 71.1 Å². The highest BCUT2D eigenvalue weighted by Gasteiger charge is 2.10. The minimum absolute atomic E-state index is 0.111. The molecule has 0 radical (unpaired) electrons. The smallest absolute Gasteiger partial charge is 0.239 e. The standard InChI is InChI=1S/C18H18BrN5O/c1-23(13-18(25)21-17-8-7-14(19)11-20-17)12-15-9-10-24(22-15)16-5-3-2-4-6-16/h2-11H,12-13H2,1H3,(H,20,21,25). The number of benzene rings is 1. The van der Waals surface area contributed by atoms with Crippen LogP contribution in [0.3, 0.4) is 0 Å². The molecule has 0 spiro atoms. The molecular weight excluding hydrogens is 382 g/mol. The Labute approximate surface area is 154 Å². The summed E-state index contributed by atoms with van der Waals surface area (Å²) in [6.07, 6.45) is 3.57. The van der Waals surface area contributed by atoms with Gasteiger partial charge < -0.3 is 5.32 Å². The highest BCUT2D eigenvalue weighted by molar-refractivity contribution is 9.10. The average molecular weight is 400 g/mol.